The lowest BCUT2D eigenvalue weighted by Crippen LogP contribution is -2.25. The lowest BCUT2D eigenvalue weighted by Gasteiger charge is -2.16. The van der Waals surface area contributed by atoms with E-state index in [2.05, 4.69) is 21.7 Å². The molecule has 2 aromatic heterocycles. The average molecular weight is 486 g/mol. The van der Waals surface area contributed by atoms with E-state index in [1.807, 2.05) is 24.3 Å². The van der Waals surface area contributed by atoms with Crippen molar-refractivity contribution < 1.29 is 35.9 Å². The summed E-state index contributed by atoms with van der Waals surface area (Å²) >= 11 is 1.68. The van der Waals surface area contributed by atoms with E-state index in [4.69, 9.17) is 14.3 Å². The number of thiophene rings is 1. The van der Waals surface area contributed by atoms with Gasteiger partial charge in [-0.2, -0.15) is 24.5 Å². The number of halogens is 3. The first-order chi connectivity index (χ1) is 15.1. The van der Waals surface area contributed by atoms with Crippen LogP contribution >= 0.6 is 11.3 Å². The number of likely N-dealkylation sites (tertiary alicyclic amines) is 1. The first-order valence-corrected chi connectivity index (χ1v) is 12.0. The Bertz CT molecular complexity index is 1200. The van der Waals surface area contributed by atoms with Crippen LogP contribution in [-0.4, -0.2) is 48.9 Å². The number of fused-ring (bicyclic) bond motifs is 3. The van der Waals surface area contributed by atoms with E-state index in [1.54, 1.807) is 23.7 Å². The summed E-state index contributed by atoms with van der Waals surface area (Å²) in [5.41, 5.74) is 3.15. The fourth-order valence-electron chi connectivity index (χ4n) is 4.09. The number of carbonyl (C=O) groups is 1. The lowest BCUT2D eigenvalue weighted by molar-refractivity contribution is -0.192. The smallest absolute Gasteiger partial charge is 0.475 e. The molecule has 1 N–H and O–H groups in total. The number of hydrogen-bond donors (Lipinski definition) is 1. The highest BCUT2D eigenvalue weighted by atomic mass is 32.2. The molecule has 1 saturated heterocycles. The Balaban J connectivity index is 0.000000307. The third-order valence-electron chi connectivity index (χ3n) is 5.49. The molecule has 6 nitrogen and oxygen atoms in total. The summed E-state index contributed by atoms with van der Waals surface area (Å²) in [6.45, 7) is 2.21. The second-order valence-electron chi connectivity index (χ2n) is 7.55. The van der Waals surface area contributed by atoms with Crippen LogP contribution in [0.2, 0.25) is 0 Å². The fraction of sp³-hybridized carbons (Fsp3) is 0.286. The molecule has 0 radical (unpaired) electrons. The van der Waals surface area contributed by atoms with Crippen molar-refractivity contribution in [2.24, 2.45) is 0 Å². The molecule has 2 aliphatic heterocycles. The second-order valence-corrected chi connectivity index (χ2v) is 10.5. The highest BCUT2D eigenvalue weighted by Gasteiger charge is 2.50. The first-order valence-electron chi connectivity index (χ1n) is 9.52. The van der Waals surface area contributed by atoms with E-state index in [0.29, 0.717) is 11.4 Å². The molecule has 0 aliphatic carbocycles. The number of furan rings is 1. The summed E-state index contributed by atoms with van der Waals surface area (Å²) in [6, 6.07) is 11.5. The normalized spacial score (nSPS) is 21.5. The van der Waals surface area contributed by atoms with Crippen molar-refractivity contribution in [2.75, 3.05) is 13.1 Å². The van der Waals surface area contributed by atoms with Gasteiger partial charge in [-0.25, -0.2) is 13.2 Å². The SMILES string of the molecule is O=C(O)C(F)(F)F.O=S1(=O)c2ccc(-c3ccco3)cc2C2CN(Cc3ccsc3)CC21. The van der Waals surface area contributed by atoms with Crippen molar-refractivity contribution in [3.63, 3.8) is 0 Å². The maximum absolute atomic E-state index is 13.0. The van der Waals surface area contributed by atoms with Crippen molar-refractivity contribution in [1.82, 2.24) is 4.90 Å². The molecule has 5 rings (SSSR count). The van der Waals surface area contributed by atoms with Crippen LogP contribution in [-0.2, 0) is 21.2 Å². The number of alkyl halides is 3. The number of rotatable bonds is 3. The van der Waals surface area contributed by atoms with E-state index in [9.17, 15) is 21.6 Å². The van der Waals surface area contributed by atoms with Gasteiger partial charge in [-0.15, -0.1) is 0 Å². The zero-order valence-electron chi connectivity index (χ0n) is 16.4. The van der Waals surface area contributed by atoms with Gasteiger partial charge in [0, 0.05) is 31.1 Å². The molecule has 2 unspecified atom stereocenters. The molecular formula is C21H18F3NO5S2. The molecule has 1 aromatic carbocycles. The van der Waals surface area contributed by atoms with E-state index in [0.717, 1.165) is 30.0 Å². The van der Waals surface area contributed by atoms with Crippen LogP contribution in [0.3, 0.4) is 0 Å². The molecule has 0 spiro atoms. The molecule has 170 valence electrons. The molecule has 4 heterocycles. The fourth-order valence-corrected chi connectivity index (χ4v) is 6.95. The van der Waals surface area contributed by atoms with E-state index >= 15 is 0 Å². The minimum Gasteiger partial charge on any atom is -0.475 e. The minimum atomic E-state index is -5.08. The quantitative estimate of drug-likeness (QED) is 0.592. The maximum atomic E-state index is 13.0. The molecule has 3 aromatic rings. The summed E-state index contributed by atoms with van der Waals surface area (Å²) in [5.74, 6) is -1.93. The number of benzene rings is 1. The van der Waals surface area contributed by atoms with Crippen LogP contribution in [0.4, 0.5) is 13.2 Å². The summed E-state index contributed by atoms with van der Waals surface area (Å²) in [7, 11) is -3.25. The van der Waals surface area contributed by atoms with Gasteiger partial charge in [0.25, 0.3) is 0 Å². The summed E-state index contributed by atoms with van der Waals surface area (Å²) < 4.78 is 63.1. The number of carboxylic acids is 1. The number of sulfone groups is 1. The Hall–Kier alpha value is -2.63. The number of aliphatic carboxylic acids is 1. The molecule has 0 bridgehead atoms. The van der Waals surface area contributed by atoms with Gasteiger partial charge in [0.05, 0.1) is 16.4 Å². The Kier molecular flexibility index (Phi) is 5.91. The predicted octanol–water partition coefficient (Wildman–Crippen LogP) is 4.40. The molecule has 32 heavy (non-hydrogen) atoms. The Morgan fingerprint density at radius 2 is 1.97 bits per heavy atom. The molecule has 0 saturated carbocycles. The van der Waals surface area contributed by atoms with Crippen molar-refractivity contribution in [2.45, 2.75) is 28.8 Å². The highest BCUT2D eigenvalue weighted by Crippen LogP contribution is 2.46. The molecule has 2 atom stereocenters. The van der Waals surface area contributed by atoms with E-state index in [-0.39, 0.29) is 11.2 Å². The second kappa shape index (κ2) is 8.38. The Morgan fingerprint density at radius 1 is 1.22 bits per heavy atom. The molecular weight excluding hydrogens is 467 g/mol. The third kappa shape index (κ3) is 4.32. The lowest BCUT2D eigenvalue weighted by atomic mass is 9.96. The van der Waals surface area contributed by atoms with Crippen LogP contribution in [0.25, 0.3) is 11.3 Å². The predicted molar refractivity (Wildman–Crippen MR) is 111 cm³/mol. The largest absolute Gasteiger partial charge is 0.490 e. The van der Waals surface area contributed by atoms with Crippen molar-refractivity contribution in [3.8, 4) is 11.3 Å². The minimum absolute atomic E-state index is 0.0496. The standard InChI is InChI=1S/C19H17NO3S2.C2HF3O2/c21-25(22)18-4-3-14(17-2-1-6-23-17)8-15(18)16-10-20(11-19(16)25)9-13-5-7-24-12-13;3-2(4,5)1(6)7/h1-8,12,16,19H,9-11H2;(H,6,7). The maximum Gasteiger partial charge on any atom is 0.490 e. The molecule has 2 aliphatic rings. The van der Waals surface area contributed by atoms with Crippen LogP contribution < -0.4 is 0 Å². The topological polar surface area (TPSA) is 87.8 Å². The molecule has 1 fully saturated rings. The molecule has 11 heteroatoms. The third-order valence-corrected chi connectivity index (χ3v) is 8.48. The molecule has 0 amide bonds. The zero-order chi connectivity index (χ0) is 23.1. The van der Waals surface area contributed by atoms with Gasteiger partial charge in [0.1, 0.15) is 5.76 Å². The van der Waals surface area contributed by atoms with Gasteiger partial charge < -0.3 is 9.52 Å². The summed E-state index contributed by atoms with van der Waals surface area (Å²) in [4.78, 5) is 11.7. The Labute approximate surface area is 185 Å². The van der Waals surface area contributed by atoms with Crippen LogP contribution in [0.1, 0.15) is 17.0 Å². The average Bonchev–Trinajstić information content (AvgIpc) is 3.51. The van der Waals surface area contributed by atoms with Gasteiger partial charge in [-0.1, -0.05) is 0 Å². The van der Waals surface area contributed by atoms with E-state index < -0.39 is 22.0 Å². The van der Waals surface area contributed by atoms with Gasteiger partial charge in [0.15, 0.2) is 9.84 Å². The van der Waals surface area contributed by atoms with E-state index in [1.165, 1.54) is 5.56 Å². The zero-order valence-corrected chi connectivity index (χ0v) is 18.1. The first kappa shape index (κ1) is 22.6. The van der Waals surface area contributed by atoms with Crippen LogP contribution in [0.15, 0.2) is 62.7 Å². The Morgan fingerprint density at radius 3 is 2.56 bits per heavy atom. The van der Waals surface area contributed by atoms with Crippen LogP contribution in [0.5, 0.6) is 0 Å². The van der Waals surface area contributed by atoms with Crippen LogP contribution in [0, 0.1) is 0 Å². The van der Waals surface area contributed by atoms with Gasteiger partial charge in [-0.3, -0.25) is 4.90 Å². The monoisotopic (exact) mass is 485 g/mol. The van der Waals surface area contributed by atoms with Crippen molar-refractivity contribution in [1.29, 1.82) is 0 Å². The van der Waals surface area contributed by atoms with Gasteiger partial charge in [-0.05, 0) is 58.3 Å². The highest BCUT2D eigenvalue weighted by molar-refractivity contribution is 7.92. The van der Waals surface area contributed by atoms with Gasteiger partial charge in [0.2, 0.25) is 0 Å². The number of hydrogen-bond acceptors (Lipinski definition) is 6. The number of nitrogens with zero attached hydrogens (tertiary/aromatic N) is 1. The summed E-state index contributed by atoms with van der Waals surface area (Å²) in [6.07, 6.45) is -3.44. The van der Waals surface area contributed by atoms with Crippen molar-refractivity contribution in [3.05, 3.63) is 64.5 Å². The summed E-state index contributed by atoms with van der Waals surface area (Å²) in [5, 5.41) is 11.0. The van der Waals surface area contributed by atoms with Crippen molar-refractivity contribution >= 4 is 27.1 Å². The number of carboxylic acid groups (broad SMARTS) is 1. The van der Waals surface area contributed by atoms with Gasteiger partial charge >= 0.3 is 12.1 Å².